The third kappa shape index (κ3) is 3.66. The van der Waals surface area contributed by atoms with Gasteiger partial charge in [0.25, 0.3) is 5.91 Å². The van der Waals surface area contributed by atoms with Crippen molar-refractivity contribution in [2.75, 3.05) is 12.4 Å². The Balaban J connectivity index is 1.66. The Labute approximate surface area is 141 Å². The Kier molecular flexibility index (Phi) is 4.66. The highest BCUT2D eigenvalue weighted by Crippen LogP contribution is 2.20. The molecule has 0 heterocycles. The lowest BCUT2D eigenvalue weighted by molar-refractivity contribution is -0.122. The van der Waals surface area contributed by atoms with Crippen LogP contribution in [0.1, 0.15) is 6.92 Å². The summed E-state index contributed by atoms with van der Waals surface area (Å²) in [7, 11) is 1.61. The van der Waals surface area contributed by atoms with Gasteiger partial charge in [-0.2, -0.15) is 0 Å². The summed E-state index contributed by atoms with van der Waals surface area (Å²) in [5.41, 5.74) is 0.754. The van der Waals surface area contributed by atoms with E-state index in [1.807, 2.05) is 42.5 Å². The Morgan fingerprint density at radius 2 is 1.58 bits per heavy atom. The van der Waals surface area contributed by atoms with Gasteiger partial charge in [-0.05, 0) is 54.1 Å². The molecule has 3 rings (SSSR count). The molecule has 3 aromatic carbocycles. The summed E-state index contributed by atoms with van der Waals surface area (Å²) >= 11 is 0. The normalized spacial score (nSPS) is 11.8. The monoisotopic (exact) mass is 321 g/mol. The minimum atomic E-state index is -0.607. The van der Waals surface area contributed by atoms with Crippen molar-refractivity contribution in [3.05, 3.63) is 66.7 Å². The van der Waals surface area contributed by atoms with Crippen LogP contribution in [0.25, 0.3) is 10.8 Å². The molecule has 4 heteroatoms. The number of carbonyl (C=O) groups excluding carboxylic acids is 1. The van der Waals surface area contributed by atoms with Crippen molar-refractivity contribution < 1.29 is 14.3 Å². The van der Waals surface area contributed by atoms with Crippen LogP contribution in [0.15, 0.2) is 66.7 Å². The van der Waals surface area contributed by atoms with E-state index >= 15 is 0 Å². The smallest absolute Gasteiger partial charge is 0.265 e. The Morgan fingerprint density at radius 3 is 2.29 bits per heavy atom. The van der Waals surface area contributed by atoms with Gasteiger partial charge in [-0.25, -0.2) is 0 Å². The zero-order valence-corrected chi connectivity index (χ0v) is 13.7. The van der Waals surface area contributed by atoms with Crippen molar-refractivity contribution in [3.8, 4) is 11.5 Å². The van der Waals surface area contributed by atoms with Crippen LogP contribution < -0.4 is 14.8 Å². The molecule has 0 aliphatic heterocycles. The first-order valence-corrected chi connectivity index (χ1v) is 7.76. The number of fused-ring (bicyclic) bond motifs is 1. The van der Waals surface area contributed by atoms with Gasteiger partial charge in [-0.3, -0.25) is 4.79 Å². The number of carbonyl (C=O) groups is 1. The molecule has 1 amide bonds. The molecule has 0 bridgehead atoms. The van der Waals surface area contributed by atoms with E-state index in [2.05, 4.69) is 5.32 Å². The van der Waals surface area contributed by atoms with E-state index < -0.39 is 6.10 Å². The zero-order valence-electron chi connectivity index (χ0n) is 13.7. The standard InChI is InChI=1S/C20H19NO3/c1-14(24-19-11-9-18(23-2)10-12-19)20(22)21-17-8-7-15-5-3-4-6-16(15)13-17/h3-14H,1-2H3,(H,21,22)/t14-/m0/s1. The molecule has 24 heavy (non-hydrogen) atoms. The van der Waals surface area contributed by atoms with Gasteiger partial charge in [0.1, 0.15) is 11.5 Å². The first kappa shape index (κ1) is 15.9. The predicted octanol–water partition coefficient (Wildman–Crippen LogP) is 4.25. The fraction of sp³-hybridized carbons (Fsp3) is 0.150. The number of benzene rings is 3. The Hall–Kier alpha value is -3.01. The van der Waals surface area contributed by atoms with E-state index in [1.165, 1.54) is 0 Å². The number of methoxy groups -OCH3 is 1. The third-order valence-corrected chi connectivity index (χ3v) is 3.76. The van der Waals surface area contributed by atoms with Crippen LogP contribution in [0.4, 0.5) is 5.69 Å². The molecule has 0 saturated carbocycles. The van der Waals surface area contributed by atoms with Crippen LogP contribution in [0.2, 0.25) is 0 Å². The highest BCUT2D eigenvalue weighted by molar-refractivity contribution is 5.96. The number of anilines is 1. The van der Waals surface area contributed by atoms with Gasteiger partial charge in [0.05, 0.1) is 7.11 Å². The molecule has 0 unspecified atom stereocenters. The Morgan fingerprint density at radius 1 is 0.917 bits per heavy atom. The summed E-state index contributed by atoms with van der Waals surface area (Å²) in [6.07, 6.45) is -0.607. The predicted molar refractivity (Wildman–Crippen MR) is 95.7 cm³/mol. The van der Waals surface area contributed by atoms with Crippen LogP contribution in [0, 0.1) is 0 Å². The molecular formula is C20H19NO3. The maximum atomic E-state index is 12.3. The lowest BCUT2D eigenvalue weighted by Gasteiger charge is -2.15. The van der Waals surface area contributed by atoms with Crippen molar-refractivity contribution in [1.82, 2.24) is 0 Å². The molecule has 4 nitrogen and oxygen atoms in total. The molecule has 0 aromatic heterocycles. The number of rotatable bonds is 5. The second kappa shape index (κ2) is 7.04. The second-order valence-electron chi connectivity index (χ2n) is 5.49. The molecule has 1 N–H and O–H groups in total. The number of ether oxygens (including phenoxy) is 2. The summed E-state index contributed by atoms with van der Waals surface area (Å²) in [6.45, 7) is 1.72. The average molecular weight is 321 g/mol. The highest BCUT2D eigenvalue weighted by atomic mass is 16.5. The van der Waals surface area contributed by atoms with Crippen LogP contribution in [0.5, 0.6) is 11.5 Å². The summed E-state index contributed by atoms with van der Waals surface area (Å²) in [5, 5.41) is 5.11. The van der Waals surface area contributed by atoms with E-state index in [4.69, 9.17) is 9.47 Å². The van der Waals surface area contributed by atoms with Gasteiger partial charge in [0.15, 0.2) is 6.10 Å². The topological polar surface area (TPSA) is 47.6 Å². The van der Waals surface area contributed by atoms with Crippen LogP contribution in [-0.4, -0.2) is 19.1 Å². The van der Waals surface area contributed by atoms with Crippen LogP contribution in [-0.2, 0) is 4.79 Å². The Bertz CT molecular complexity index is 843. The van der Waals surface area contributed by atoms with E-state index in [9.17, 15) is 4.79 Å². The number of hydrogen-bond donors (Lipinski definition) is 1. The van der Waals surface area contributed by atoms with E-state index in [-0.39, 0.29) is 5.91 Å². The molecule has 3 aromatic rings. The summed E-state index contributed by atoms with van der Waals surface area (Å²) < 4.78 is 10.8. The fourth-order valence-corrected chi connectivity index (χ4v) is 2.42. The SMILES string of the molecule is COc1ccc(O[C@@H](C)C(=O)Nc2ccc3ccccc3c2)cc1. The highest BCUT2D eigenvalue weighted by Gasteiger charge is 2.15. The van der Waals surface area contributed by atoms with Gasteiger partial charge < -0.3 is 14.8 Å². The average Bonchev–Trinajstić information content (AvgIpc) is 2.62. The minimum Gasteiger partial charge on any atom is -0.497 e. The van der Waals surface area contributed by atoms with E-state index in [1.54, 1.807) is 38.3 Å². The number of nitrogens with one attached hydrogen (secondary N) is 1. The molecule has 122 valence electrons. The van der Waals surface area contributed by atoms with Gasteiger partial charge >= 0.3 is 0 Å². The lowest BCUT2D eigenvalue weighted by Crippen LogP contribution is -2.30. The molecular weight excluding hydrogens is 302 g/mol. The fourth-order valence-electron chi connectivity index (χ4n) is 2.42. The summed E-state index contributed by atoms with van der Waals surface area (Å²) in [4.78, 5) is 12.3. The zero-order chi connectivity index (χ0) is 16.9. The first-order valence-electron chi connectivity index (χ1n) is 7.76. The molecule has 0 saturated heterocycles. The summed E-state index contributed by atoms with van der Waals surface area (Å²) in [6, 6.07) is 21.0. The van der Waals surface area contributed by atoms with Gasteiger partial charge in [-0.15, -0.1) is 0 Å². The minimum absolute atomic E-state index is 0.193. The number of amides is 1. The van der Waals surface area contributed by atoms with Crippen LogP contribution >= 0.6 is 0 Å². The maximum absolute atomic E-state index is 12.3. The molecule has 0 spiro atoms. The molecule has 0 fully saturated rings. The third-order valence-electron chi connectivity index (χ3n) is 3.76. The van der Waals surface area contributed by atoms with Crippen molar-refractivity contribution >= 4 is 22.4 Å². The summed E-state index contributed by atoms with van der Waals surface area (Å²) in [5.74, 6) is 1.17. The first-order chi connectivity index (χ1) is 11.7. The van der Waals surface area contributed by atoms with Crippen molar-refractivity contribution in [3.63, 3.8) is 0 Å². The second-order valence-corrected chi connectivity index (χ2v) is 5.49. The van der Waals surface area contributed by atoms with Gasteiger partial charge in [0, 0.05) is 5.69 Å². The van der Waals surface area contributed by atoms with Crippen LogP contribution in [0.3, 0.4) is 0 Å². The number of hydrogen-bond acceptors (Lipinski definition) is 3. The quantitative estimate of drug-likeness (QED) is 0.764. The van der Waals surface area contributed by atoms with E-state index in [0.29, 0.717) is 5.75 Å². The maximum Gasteiger partial charge on any atom is 0.265 e. The van der Waals surface area contributed by atoms with E-state index in [0.717, 1.165) is 22.2 Å². The molecule has 0 aliphatic rings. The largest absolute Gasteiger partial charge is 0.497 e. The molecule has 1 atom stereocenters. The lowest BCUT2D eigenvalue weighted by atomic mass is 10.1. The van der Waals surface area contributed by atoms with Crippen molar-refractivity contribution in [1.29, 1.82) is 0 Å². The van der Waals surface area contributed by atoms with Gasteiger partial charge in [0.2, 0.25) is 0 Å². The molecule has 0 radical (unpaired) electrons. The van der Waals surface area contributed by atoms with Crippen molar-refractivity contribution in [2.45, 2.75) is 13.0 Å². The van der Waals surface area contributed by atoms with Crippen molar-refractivity contribution in [2.24, 2.45) is 0 Å². The van der Waals surface area contributed by atoms with Gasteiger partial charge in [-0.1, -0.05) is 30.3 Å². The molecule has 0 aliphatic carbocycles.